The Labute approximate surface area is 177 Å². The van der Waals surface area contributed by atoms with Gasteiger partial charge in [-0.15, -0.1) is 0 Å². The van der Waals surface area contributed by atoms with Gasteiger partial charge in [0.1, 0.15) is 5.02 Å². The Morgan fingerprint density at radius 3 is 2.43 bits per heavy atom. The first-order chi connectivity index (χ1) is 13.4. The summed E-state index contributed by atoms with van der Waals surface area (Å²) in [6.45, 7) is 1.61. The van der Waals surface area contributed by atoms with E-state index in [9.17, 15) is 9.59 Å². The molecule has 28 heavy (non-hydrogen) atoms. The van der Waals surface area contributed by atoms with Gasteiger partial charge >= 0.3 is 0 Å². The minimum atomic E-state index is -0.495. The minimum Gasteiger partial charge on any atom is -0.370 e. The van der Waals surface area contributed by atoms with Crippen molar-refractivity contribution in [3.8, 4) is 5.69 Å². The van der Waals surface area contributed by atoms with Crippen molar-refractivity contribution in [2.24, 2.45) is 5.92 Å². The zero-order valence-electron chi connectivity index (χ0n) is 15.0. The first-order valence-corrected chi connectivity index (χ1v) is 10.4. The number of benzene rings is 1. The highest BCUT2D eigenvalue weighted by Crippen LogP contribution is 2.32. The molecule has 1 N–H and O–H groups in total. The van der Waals surface area contributed by atoms with E-state index in [2.05, 4.69) is 15.3 Å². The summed E-state index contributed by atoms with van der Waals surface area (Å²) in [6.07, 6.45) is 5.12. The van der Waals surface area contributed by atoms with E-state index in [1.165, 1.54) is 10.9 Å². The lowest BCUT2D eigenvalue weighted by Crippen LogP contribution is -2.45. The highest BCUT2D eigenvalue weighted by Gasteiger charge is 2.32. The van der Waals surface area contributed by atoms with E-state index >= 15 is 0 Å². The van der Waals surface area contributed by atoms with E-state index in [1.54, 1.807) is 12.1 Å². The molecule has 148 valence electrons. The van der Waals surface area contributed by atoms with Crippen LogP contribution < -0.4 is 15.8 Å². The number of carbonyl (C=O) groups is 1. The molecule has 1 aromatic carbocycles. The molecule has 1 aliphatic carbocycles. The Bertz CT molecular complexity index is 966. The molecular formula is C19H19Cl3N4O2. The fourth-order valence-corrected chi connectivity index (χ4v) is 3.96. The molecule has 2 aromatic rings. The van der Waals surface area contributed by atoms with Crippen molar-refractivity contribution < 1.29 is 4.79 Å². The van der Waals surface area contributed by atoms with Crippen LogP contribution in [-0.2, 0) is 4.79 Å². The Morgan fingerprint density at radius 1 is 1.07 bits per heavy atom. The second kappa shape index (κ2) is 7.93. The van der Waals surface area contributed by atoms with Crippen molar-refractivity contribution >= 4 is 46.4 Å². The number of anilines is 1. The molecule has 2 aliphatic rings. The summed E-state index contributed by atoms with van der Waals surface area (Å²) in [7, 11) is 0. The lowest BCUT2D eigenvalue weighted by atomic mass is 10.0. The van der Waals surface area contributed by atoms with Crippen molar-refractivity contribution in [3.63, 3.8) is 0 Å². The average Bonchev–Trinajstić information content (AvgIpc) is 3.52. The molecule has 4 rings (SSSR count). The van der Waals surface area contributed by atoms with Gasteiger partial charge in [0.05, 0.1) is 27.6 Å². The van der Waals surface area contributed by atoms with Crippen LogP contribution in [-0.4, -0.2) is 34.8 Å². The SMILES string of the molecule is O=C(NC1CCN(c2ccc(-n3ncc(Cl)c(Cl)c3=O)cc2Cl)CC1)C1CC1. The molecule has 0 unspecified atom stereocenters. The summed E-state index contributed by atoms with van der Waals surface area (Å²) in [5.74, 6) is 0.429. The third kappa shape index (κ3) is 4.00. The summed E-state index contributed by atoms with van der Waals surface area (Å²) >= 11 is 18.2. The molecule has 0 spiro atoms. The molecule has 9 heteroatoms. The number of hydrogen-bond donors (Lipinski definition) is 1. The van der Waals surface area contributed by atoms with Crippen molar-refractivity contribution in [3.05, 3.63) is 49.8 Å². The normalized spacial score (nSPS) is 17.6. The van der Waals surface area contributed by atoms with Gasteiger partial charge in [-0.05, 0) is 43.9 Å². The molecule has 6 nitrogen and oxygen atoms in total. The van der Waals surface area contributed by atoms with Crippen LogP contribution in [0.3, 0.4) is 0 Å². The van der Waals surface area contributed by atoms with Crippen LogP contribution in [0.4, 0.5) is 5.69 Å². The summed E-state index contributed by atoms with van der Waals surface area (Å²) in [4.78, 5) is 26.4. The number of nitrogens with zero attached hydrogens (tertiary/aromatic N) is 3. The number of carbonyl (C=O) groups excluding carboxylic acids is 1. The fraction of sp³-hybridized carbons (Fsp3) is 0.421. The molecule has 1 saturated carbocycles. The van der Waals surface area contributed by atoms with Crippen molar-refractivity contribution in [2.45, 2.75) is 31.7 Å². The first kappa shape index (κ1) is 19.6. The number of hydrogen-bond acceptors (Lipinski definition) is 4. The highest BCUT2D eigenvalue weighted by atomic mass is 35.5. The van der Waals surface area contributed by atoms with Crippen molar-refractivity contribution in [1.29, 1.82) is 0 Å². The van der Waals surface area contributed by atoms with Gasteiger partial charge in [0.2, 0.25) is 5.91 Å². The summed E-state index contributed by atoms with van der Waals surface area (Å²) in [5.41, 5.74) is 0.916. The van der Waals surface area contributed by atoms with Gasteiger partial charge in [-0.2, -0.15) is 9.78 Å². The van der Waals surface area contributed by atoms with Gasteiger partial charge < -0.3 is 10.2 Å². The second-order valence-corrected chi connectivity index (χ2v) is 8.40. The Balaban J connectivity index is 1.46. The van der Waals surface area contributed by atoms with Crippen LogP contribution in [0, 0.1) is 5.92 Å². The smallest absolute Gasteiger partial charge is 0.291 e. The number of nitrogens with one attached hydrogen (secondary N) is 1. The third-order valence-corrected chi connectivity index (χ3v) is 6.23. The quantitative estimate of drug-likeness (QED) is 0.786. The van der Waals surface area contributed by atoms with Crippen LogP contribution in [0.5, 0.6) is 0 Å². The molecular weight excluding hydrogens is 423 g/mol. The number of rotatable bonds is 4. The van der Waals surface area contributed by atoms with Gasteiger partial charge in [-0.25, -0.2) is 0 Å². The average molecular weight is 442 g/mol. The maximum absolute atomic E-state index is 12.3. The second-order valence-electron chi connectivity index (χ2n) is 7.20. The molecule has 0 atom stereocenters. The molecule has 1 saturated heterocycles. The van der Waals surface area contributed by atoms with E-state index < -0.39 is 5.56 Å². The molecule has 2 fully saturated rings. The molecule has 0 bridgehead atoms. The number of amides is 1. The standard InChI is InChI=1S/C19H19Cl3N4O2/c20-14-9-13(26-19(28)17(22)15(21)10-23-26)3-4-16(14)25-7-5-12(6-8-25)24-18(27)11-1-2-11/h3-4,9-12H,1-2,5-8H2,(H,24,27). The Morgan fingerprint density at radius 2 is 1.79 bits per heavy atom. The Kier molecular flexibility index (Phi) is 5.54. The van der Waals surface area contributed by atoms with Crippen molar-refractivity contribution in [2.75, 3.05) is 18.0 Å². The topological polar surface area (TPSA) is 67.2 Å². The number of aromatic nitrogens is 2. The van der Waals surface area contributed by atoms with Crippen molar-refractivity contribution in [1.82, 2.24) is 15.1 Å². The molecule has 2 heterocycles. The first-order valence-electron chi connectivity index (χ1n) is 9.22. The molecule has 1 aliphatic heterocycles. The van der Waals surface area contributed by atoms with Gasteiger partial charge in [-0.1, -0.05) is 34.8 Å². The third-order valence-electron chi connectivity index (χ3n) is 5.18. The van der Waals surface area contributed by atoms with Crippen LogP contribution >= 0.6 is 34.8 Å². The lowest BCUT2D eigenvalue weighted by molar-refractivity contribution is -0.123. The Hall–Kier alpha value is -1.76. The van der Waals surface area contributed by atoms with Crippen LogP contribution in [0.25, 0.3) is 5.69 Å². The summed E-state index contributed by atoms with van der Waals surface area (Å²) in [5, 5.41) is 7.73. The monoisotopic (exact) mass is 440 g/mol. The predicted octanol–water partition coefficient (Wildman–Crippen LogP) is 3.69. The zero-order valence-corrected chi connectivity index (χ0v) is 17.3. The fourth-order valence-electron chi connectivity index (χ4n) is 3.41. The largest absolute Gasteiger partial charge is 0.370 e. The van der Waals surface area contributed by atoms with Crippen LogP contribution in [0.2, 0.25) is 15.1 Å². The zero-order chi connectivity index (χ0) is 19.8. The number of halogens is 3. The van der Waals surface area contributed by atoms with E-state index in [-0.39, 0.29) is 27.9 Å². The van der Waals surface area contributed by atoms with E-state index in [4.69, 9.17) is 34.8 Å². The highest BCUT2D eigenvalue weighted by molar-refractivity contribution is 6.41. The predicted molar refractivity (Wildman–Crippen MR) is 111 cm³/mol. The van der Waals surface area contributed by atoms with E-state index in [0.717, 1.165) is 44.5 Å². The number of piperidine rings is 1. The molecule has 1 amide bonds. The summed E-state index contributed by atoms with van der Waals surface area (Å²) < 4.78 is 1.17. The summed E-state index contributed by atoms with van der Waals surface area (Å²) in [6, 6.07) is 5.57. The van der Waals surface area contributed by atoms with Gasteiger partial charge in [0.15, 0.2) is 0 Å². The van der Waals surface area contributed by atoms with Crippen LogP contribution in [0.1, 0.15) is 25.7 Å². The maximum atomic E-state index is 12.3. The lowest BCUT2D eigenvalue weighted by Gasteiger charge is -2.34. The minimum absolute atomic E-state index is 0.0767. The van der Waals surface area contributed by atoms with E-state index in [0.29, 0.717) is 10.7 Å². The molecule has 0 radical (unpaired) electrons. The molecule has 1 aromatic heterocycles. The van der Waals surface area contributed by atoms with Gasteiger partial charge in [0.25, 0.3) is 5.56 Å². The van der Waals surface area contributed by atoms with Crippen LogP contribution in [0.15, 0.2) is 29.2 Å². The maximum Gasteiger partial charge on any atom is 0.291 e. The van der Waals surface area contributed by atoms with Gasteiger partial charge in [-0.3, -0.25) is 9.59 Å². The van der Waals surface area contributed by atoms with Gasteiger partial charge in [0, 0.05) is 25.0 Å². The van der Waals surface area contributed by atoms with E-state index in [1.807, 2.05) is 6.07 Å².